The summed E-state index contributed by atoms with van der Waals surface area (Å²) in [6.45, 7) is 3.50. The van der Waals surface area contributed by atoms with Crippen molar-refractivity contribution in [3.63, 3.8) is 0 Å². The van der Waals surface area contributed by atoms with Crippen LogP contribution >= 0.6 is 0 Å². The van der Waals surface area contributed by atoms with Crippen molar-refractivity contribution in [2.45, 2.75) is 31.6 Å². The van der Waals surface area contributed by atoms with Crippen LogP contribution < -0.4 is 0 Å². The zero-order valence-corrected chi connectivity index (χ0v) is 12.1. The number of sulfone groups is 1. The van der Waals surface area contributed by atoms with Crippen LogP contribution in [0.1, 0.15) is 24.6 Å². The van der Waals surface area contributed by atoms with E-state index >= 15 is 0 Å². The van der Waals surface area contributed by atoms with Gasteiger partial charge in [0.05, 0.1) is 4.90 Å². The molecule has 0 atom stereocenters. The van der Waals surface area contributed by atoms with Crippen molar-refractivity contribution in [1.82, 2.24) is 4.98 Å². The topological polar surface area (TPSA) is 67.0 Å². The van der Waals surface area contributed by atoms with Gasteiger partial charge in [-0.2, -0.15) is 0 Å². The monoisotopic (exact) mass is 279 g/mol. The molecule has 0 aliphatic rings. The molecule has 0 radical (unpaired) electrons. The number of hydrogen-bond donors (Lipinski definition) is 1. The average Bonchev–Trinajstić information content (AvgIpc) is 2.59. The Hall–Kier alpha value is -1.62. The van der Waals surface area contributed by atoms with Crippen molar-refractivity contribution in [3.8, 4) is 0 Å². The number of Topliss-reactive ketones (excluding diaryl/α,β-unsaturated/α-hetero) is 1. The molecular weight excluding hydrogens is 262 g/mol. The molecule has 2 aromatic rings. The number of benzene rings is 1. The van der Waals surface area contributed by atoms with Gasteiger partial charge in [-0.05, 0) is 44.0 Å². The quantitative estimate of drug-likeness (QED) is 0.934. The lowest BCUT2D eigenvalue weighted by Crippen LogP contribution is -1.97. The maximum atomic E-state index is 11.6. The van der Waals surface area contributed by atoms with Crippen molar-refractivity contribution in [2.24, 2.45) is 0 Å². The van der Waals surface area contributed by atoms with Gasteiger partial charge in [-0.25, -0.2) is 8.42 Å². The number of aromatic amines is 1. The maximum Gasteiger partial charge on any atom is 0.175 e. The Balaban J connectivity index is 2.56. The zero-order chi connectivity index (χ0) is 14.2. The fourth-order valence-electron chi connectivity index (χ4n) is 2.22. The number of nitrogens with one attached hydrogen (secondary N) is 1. The third-order valence-electron chi connectivity index (χ3n) is 3.25. The number of hydrogen-bond acceptors (Lipinski definition) is 3. The number of ketones is 1. The summed E-state index contributed by atoms with van der Waals surface area (Å²) in [4.78, 5) is 14.6. The van der Waals surface area contributed by atoms with Crippen LogP contribution in [0.4, 0.5) is 0 Å². The molecule has 19 heavy (non-hydrogen) atoms. The van der Waals surface area contributed by atoms with Crippen LogP contribution in [0.25, 0.3) is 10.9 Å². The van der Waals surface area contributed by atoms with E-state index in [4.69, 9.17) is 0 Å². The second-order valence-corrected chi connectivity index (χ2v) is 6.93. The molecule has 1 N–H and O–H groups in total. The van der Waals surface area contributed by atoms with Gasteiger partial charge in [0.15, 0.2) is 9.84 Å². The van der Waals surface area contributed by atoms with Crippen molar-refractivity contribution in [2.75, 3.05) is 6.26 Å². The molecule has 0 aliphatic heterocycles. The number of H-pyrrole nitrogens is 1. The van der Waals surface area contributed by atoms with Crippen LogP contribution in [0.2, 0.25) is 0 Å². The summed E-state index contributed by atoms with van der Waals surface area (Å²) in [7, 11) is -3.21. The highest BCUT2D eigenvalue weighted by Gasteiger charge is 2.13. The number of carbonyl (C=O) groups is 1. The second-order valence-electron chi connectivity index (χ2n) is 4.91. The zero-order valence-electron chi connectivity index (χ0n) is 11.3. The van der Waals surface area contributed by atoms with E-state index in [2.05, 4.69) is 4.98 Å². The summed E-state index contributed by atoms with van der Waals surface area (Å²) in [6, 6.07) is 5.06. The maximum absolute atomic E-state index is 11.6. The van der Waals surface area contributed by atoms with Crippen LogP contribution in [0.15, 0.2) is 23.1 Å². The summed E-state index contributed by atoms with van der Waals surface area (Å²) in [5.41, 5.74) is 2.92. The standard InChI is InChI=1S/C14H17NO3S/c1-9(16)4-6-12-10(2)15-14-7-5-11(8-13(12)14)19(3,17)18/h5,7-8,15H,4,6H2,1-3H3. The van der Waals surface area contributed by atoms with E-state index in [1.807, 2.05) is 6.92 Å². The first kappa shape index (κ1) is 13.8. The first-order valence-corrected chi connectivity index (χ1v) is 7.99. The molecule has 0 bridgehead atoms. The Bertz CT molecular complexity index is 741. The van der Waals surface area contributed by atoms with E-state index in [-0.39, 0.29) is 5.78 Å². The Kier molecular flexibility index (Phi) is 3.49. The number of fused-ring (bicyclic) bond motifs is 1. The van der Waals surface area contributed by atoms with Gasteiger partial charge in [0, 0.05) is 29.3 Å². The molecule has 2 rings (SSSR count). The third kappa shape index (κ3) is 2.87. The average molecular weight is 279 g/mol. The van der Waals surface area contributed by atoms with Crippen LogP contribution in [-0.4, -0.2) is 25.4 Å². The van der Waals surface area contributed by atoms with Crippen LogP contribution in [-0.2, 0) is 21.1 Å². The molecule has 1 heterocycles. The van der Waals surface area contributed by atoms with E-state index in [9.17, 15) is 13.2 Å². The smallest absolute Gasteiger partial charge is 0.175 e. The van der Waals surface area contributed by atoms with E-state index in [1.165, 1.54) is 6.26 Å². The number of aryl methyl sites for hydroxylation is 2. The van der Waals surface area contributed by atoms with Crippen LogP contribution in [0.3, 0.4) is 0 Å². The lowest BCUT2D eigenvalue weighted by Gasteiger charge is -2.02. The highest BCUT2D eigenvalue weighted by atomic mass is 32.2. The molecule has 4 nitrogen and oxygen atoms in total. The summed E-state index contributed by atoms with van der Waals surface area (Å²) in [5.74, 6) is 0.132. The van der Waals surface area contributed by atoms with Crippen LogP contribution in [0.5, 0.6) is 0 Å². The van der Waals surface area contributed by atoms with Gasteiger partial charge in [-0.15, -0.1) is 0 Å². The minimum absolute atomic E-state index is 0.132. The van der Waals surface area contributed by atoms with Crippen molar-refractivity contribution >= 4 is 26.5 Å². The molecule has 0 saturated heterocycles. The highest BCUT2D eigenvalue weighted by molar-refractivity contribution is 7.90. The summed E-state index contributed by atoms with van der Waals surface area (Å²) in [6.07, 6.45) is 2.30. The van der Waals surface area contributed by atoms with Gasteiger partial charge in [-0.1, -0.05) is 0 Å². The number of aromatic nitrogens is 1. The Labute approximate surface area is 112 Å². The molecule has 0 amide bonds. The molecule has 102 valence electrons. The Morgan fingerprint density at radius 1 is 1.32 bits per heavy atom. The lowest BCUT2D eigenvalue weighted by atomic mass is 10.0. The van der Waals surface area contributed by atoms with Gasteiger partial charge in [0.2, 0.25) is 0 Å². The Morgan fingerprint density at radius 3 is 2.58 bits per heavy atom. The fraction of sp³-hybridized carbons (Fsp3) is 0.357. The third-order valence-corrected chi connectivity index (χ3v) is 4.36. The highest BCUT2D eigenvalue weighted by Crippen LogP contribution is 2.26. The van der Waals surface area contributed by atoms with Crippen molar-refractivity contribution in [3.05, 3.63) is 29.5 Å². The molecule has 5 heteroatoms. The predicted octanol–water partition coefficient (Wildman–Crippen LogP) is 2.40. The van der Waals surface area contributed by atoms with E-state index < -0.39 is 9.84 Å². The van der Waals surface area contributed by atoms with Gasteiger partial charge < -0.3 is 9.78 Å². The minimum atomic E-state index is -3.21. The summed E-state index contributed by atoms with van der Waals surface area (Å²) >= 11 is 0. The molecule has 0 spiro atoms. The van der Waals surface area contributed by atoms with Gasteiger partial charge in [0.25, 0.3) is 0 Å². The molecule has 0 aliphatic carbocycles. The second kappa shape index (κ2) is 4.81. The summed E-state index contributed by atoms with van der Waals surface area (Å²) < 4.78 is 23.2. The number of carbonyl (C=O) groups excluding carboxylic acids is 1. The molecular formula is C14H17NO3S. The van der Waals surface area contributed by atoms with Gasteiger partial charge in [0.1, 0.15) is 5.78 Å². The first-order chi connectivity index (χ1) is 8.79. The Morgan fingerprint density at radius 2 is 2.00 bits per heavy atom. The lowest BCUT2D eigenvalue weighted by molar-refractivity contribution is -0.116. The SMILES string of the molecule is CC(=O)CCc1c(C)[nH]c2ccc(S(C)(=O)=O)cc12. The summed E-state index contributed by atoms with van der Waals surface area (Å²) in [5, 5.41) is 0.890. The predicted molar refractivity (Wildman–Crippen MR) is 75.1 cm³/mol. The molecule has 1 aromatic heterocycles. The fourth-order valence-corrected chi connectivity index (χ4v) is 2.86. The molecule has 0 unspecified atom stereocenters. The van der Waals surface area contributed by atoms with Gasteiger partial charge in [-0.3, -0.25) is 0 Å². The van der Waals surface area contributed by atoms with Crippen LogP contribution in [0, 0.1) is 6.92 Å². The van der Waals surface area contributed by atoms with Gasteiger partial charge >= 0.3 is 0 Å². The number of rotatable bonds is 4. The molecule has 0 fully saturated rings. The van der Waals surface area contributed by atoms with Crippen molar-refractivity contribution < 1.29 is 13.2 Å². The largest absolute Gasteiger partial charge is 0.358 e. The molecule has 0 saturated carbocycles. The first-order valence-electron chi connectivity index (χ1n) is 6.09. The van der Waals surface area contributed by atoms with E-state index in [1.54, 1.807) is 25.1 Å². The molecule has 1 aromatic carbocycles. The van der Waals surface area contributed by atoms with E-state index in [0.29, 0.717) is 17.7 Å². The minimum Gasteiger partial charge on any atom is -0.358 e. The van der Waals surface area contributed by atoms with E-state index in [0.717, 1.165) is 22.2 Å². The van der Waals surface area contributed by atoms with Crippen molar-refractivity contribution in [1.29, 1.82) is 0 Å². The normalized spacial score (nSPS) is 11.9.